The zero-order valence-electron chi connectivity index (χ0n) is 9.36. The Morgan fingerprint density at radius 3 is 3.00 bits per heavy atom. The minimum absolute atomic E-state index is 0.627. The van der Waals surface area contributed by atoms with Gasteiger partial charge in [0.1, 0.15) is 5.75 Å². The van der Waals surface area contributed by atoms with E-state index in [-0.39, 0.29) is 0 Å². The van der Waals surface area contributed by atoms with E-state index in [1.165, 1.54) is 11.1 Å². The predicted molar refractivity (Wildman–Crippen MR) is 67.4 cm³/mol. The number of anilines is 1. The number of fused-ring (bicyclic) bond motifs is 1. The summed E-state index contributed by atoms with van der Waals surface area (Å²) < 4.78 is 6.38. The van der Waals surface area contributed by atoms with E-state index in [4.69, 9.17) is 4.74 Å². The topological polar surface area (TPSA) is 34.1 Å². The molecule has 2 unspecified atom stereocenters. The maximum absolute atomic E-state index is 5.20. The van der Waals surface area contributed by atoms with Gasteiger partial charge in [0.25, 0.3) is 0 Å². The van der Waals surface area contributed by atoms with Gasteiger partial charge in [0.05, 0.1) is 17.3 Å². The fourth-order valence-electron chi connectivity index (χ4n) is 1.78. The molecule has 0 aliphatic heterocycles. The number of ether oxygens (including phenoxy) is 1. The second-order valence-electron chi connectivity index (χ2n) is 4.32. The lowest BCUT2D eigenvalue weighted by Crippen LogP contribution is -2.02. The van der Waals surface area contributed by atoms with Crippen molar-refractivity contribution in [1.82, 2.24) is 4.98 Å². The molecule has 1 saturated carbocycles. The van der Waals surface area contributed by atoms with Crippen LogP contribution < -0.4 is 10.1 Å². The first kappa shape index (κ1) is 9.90. The van der Waals surface area contributed by atoms with Gasteiger partial charge in [0.2, 0.25) is 0 Å². The number of hydrogen-bond donors (Lipinski definition) is 1. The average Bonchev–Trinajstić information content (AvgIpc) is 2.82. The van der Waals surface area contributed by atoms with Gasteiger partial charge in [-0.1, -0.05) is 18.3 Å². The van der Waals surface area contributed by atoms with Crippen LogP contribution in [0.15, 0.2) is 18.2 Å². The molecule has 0 amide bonds. The van der Waals surface area contributed by atoms with Gasteiger partial charge in [-0.15, -0.1) is 0 Å². The van der Waals surface area contributed by atoms with E-state index >= 15 is 0 Å². The summed E-state index contributed by atoms with van der Waals surface area (Å²) in [5.74, 6) is 1.68. The quantitative estimate of drug-likeness (QED) is 0.886. The summed E-state index contributed by atoms with van der Waals surface area (Å²) in [4.78, 5) is 4.55. The third-order valence-electron chi connectivity index (χ3n) is 3.01. The van der Waals surface area contributed by atoms with E-state index < -0.39 is 0 Å². The normalized spacial score (nSPS) is 23.4. The molecule has 0 saturated heterocycles. The molecule has 3 nitrogen and oxygen atoms in total. The van der Waals surface area contributed by atoms with Crippen LogP contribution in [0.25, 0.3) is 10.2 Å². The Bertz CT molecular complexity index is 523. The van der Waals surface area contributed by atoms with Gasteiger partial charge >= 0.3 is 0 Å². The fourth-order valence-corrected chi connectivity index (χ4v) is 2.73. The van der Waals surface area contributed by atoms with Crippen LogP contribution in [0.5, 0.6) is 5.75 Å². The lowest BCUT2D eigenvalue weighted by atomic mass is 10.3. The lowest BCUT2D eigenvalue weighted by Gasteiger charge is -1.96. The highest BCUT2D eigenvalue weighted by atomic mass is 32.1. The Hall–Kier alpha value is -1.29. The fraction of sp³-hybridized carbons (Fsp3) is 0.417. The lowest BCUT2D eigenvalue weighted by molar-refractivity contribution is 0.415. The Morgan fingerprint density at radius 2 is 2.31 bits per heavy atom. The van der Waals surface area contributed by atoms with Crippen molar-refractivity contribution < 1.29 is 4.74 Å². The Kier molecular flexibility index (Phi) is 2.24. The molecule has 1 aliphatic rings. The van der Waals surface area contributed by atoms with E-state index in [9.17, 15) is 0 Å². The molecule has 84 valence electrons. The molecule has 1 heterocycles. The monoisotopic (exact) mass is 234 g/mol. The second-order valence-corrected chi connectivity index (χ2v) is 5.35. The second kappa shape index (κ2) is 3.63. The van der Waals surface area contributed by atoms with Crippen molar-refractivity contribution in [2.75, 3.05) is 12.4 Å². The number of hydrogen-bond acceptors (Lipinski definition) is 4. The largest absolute Gasteiger partial charge is 0.497 e. The van der Waals surface area contributed by atoms with Crippen molar-refractivity contribution >= 4 is 26.7 Å². The number of nitrogens with one attached hydrogen (secondary N) is 1. The molecule has 16 heavy (non-hydrogen) atoms. The highest BCUT2D eigenvalue weighted by Gasteiger charge is 2.33. The van der Waals surface area contributed by atoms with E-state index in [0.717, 1.165) is 22.3 Å². The van der Waals surface area contributed by atoms with E-state index in [2.05, 4.69) is 17.2 Å². The van der Waals surface area contributed by atoms with Gasteiger partial charge < -0.3 is 10.1 Å². The van der Waals surface area contributed by atoms with Crippen LogP contribution in [0.3, 0.4) is 0 Å². The summed E-state index contributed by atoms with van der Waals surface area (Å²) in [7, 11) is 1.69. The van der Waals surface area contributed by atoms with Gasteiger partial charge in [0.15, 0.2) is 5.13 Å². The number of aromatic nitrogens is 1. The summed E-state index contributed by atoms with van der Waals surface area (Å²) in [6.45, 7) is 2.26. The first-order valence-electron chi connectivity index (χ1n) is 5.47. The van der Waals surface area contributed by atoms with E-state index in [1.54, 1.807) is 18.4 Å². The average molecular weight is 234 g/mol. The molecule has 4 heteroatoms. The SMILES string of the molecule is COc1ccc2nc(NC3CC3C)sc2c1. The van der Waals surface area contributed by atoms with Crippen LogP contribution >= 0.6 is 11.3 Å². The van der Waals surface area contributed by atoms with Crippen LogP contribution in [-0.4, -0.2) is 18.1 Å². The predicted octanol–water partition coefficient (Wildman–Crippen LogP) is 3.13. The van der Waals surface area contributed by atoms with Crippen LogP contribution in [-0.2, 0) is 0 Å². The van der Waals surface area contributed by atoms with Crippen molar-refractivity contribution in [3.63, 3.8) is 0 Å². The zero-order valence-corrected chi connectivity index (χ0v) is 10.2. The molecule has 1 aromatic carbocycles. The first-order valence-corrected chi connectivity index (χ1v) is 6.29. The van der Waals surface area contributed by atoms with Gasteiger partial charge in [-0.3, -0.25) is 0 Å². The molecule has 1 N–H and O–H groups in total. The Labute approximate surface area is 98.5 Å². The molecule has 3 rings (SSSR count). The molecular formula is C12H14N2OS. The molecule has 1 aliphatic carbocycles. The van der Waals surface area contributed by atoms with Crippen LogP contribution in [0.4, 0.5) is 5.13 Å². The number of methoxy groups -OCH3 is 1. The number of benzene rings is 1. The van der Waals surface area contributed by atoms with Crippen molar-refractivity contribution in [1.29, 1.82) is 0 Å². The summed E-state index contributed by atoms with van der Waals surface area (Å²) in [5.41, 5.74) is 1.04. The highest BCUT2D eigenvalue weighted by Crippen LogP contribution is 2.36. The van der Waals surface area contributed by atoms with Gasteiger partial charge in [-0.2, -0.15) is 0 Å². The minimum Gasteiger partial charge on any atom is -0.497 e. The van der Waals surface area contributed by atoms with E-state index in [1.807, 2.05) is 18.2 Å². The molecule has 2 atom stereocenters. The summed E-state index contributed by atoms with van der Waals surface area (Å²) >= 11 is 1.69. The molecule has 1 aromatic heterocycles. The van der Waals surface area contributed by atoms with E-state index in [0.29, 0.717) is 6.04 Å². The standard InChI is InChI=1S/C12H14N2OS/c1-7-5-10(7)14-12-13-9-4-3-8(15-2)6-11(9)16-12/h3-4,6-7,10H,5H2,1-2H3,(H,13,14). The van der Waals surface area contributed by atoms with Crippen LogP contribution in [0.1, 0.15) is 13.3 Å². The Balaban J connectivity index is 1.89. The minimum atomic E-state index is 0.627. The molecule has 0 radical (unpaired) electrons. The smallest absolute Gasteiger partial charge is 0.184 e. The summed E-state index contributed by atoms with van der Waals surface area (Å²) in [6.07, 6.45) is 1.26. The first-order chi connectivity index (χ1) is 7.76. The van der Waals surface area contributed by atoms with Gasteiger partial charge in [0, 0.05) is 6.04 Å². The maximum atomic E-state index is 5.20. The van der Waals surface area contributed by atoms with Crippen molar-refractivity contribution in [2.24, 2.45) is 5.92 Å². The number of rotatable bonds is 3. The molecule has 0 bridgehead atoms. The summed E-state index contributed by atoms with van der Waals surface area (Å²) in [6, 6.07) is 6.62. The molecule has 2 aromatic rings. The van der Waals surface area contributed by atoms with Gasteiger partial charge in [-0.05, 0) is 30.5 Å². The molecule has 0 spiro atoms. The maximum Gasteiger partial charge on any atom is 0.184 e. The third kappa shape index (κ3) is 1.73. The molecule has 1 fully saturated rings. The molecular weight excluding hydrogens is 220 g/mol. The van der Waals surface area contributed by atoms with Crippen molar-refractivity contribution in [3.8, 4) is 5.75 Å². The third-order valence-corrected chi connectivity index (χ3v) is 3.96. The Morgan fingerprint density at radius 1 is 1.50 bits per heavy atom. The zero-order chi connectivity index (χ0) is 11.1. The van der Waals surface area contributed by atoms with Gasteiger partial charge in [-0.25, -0.2) is 4.98 Å². The highest BCUT2D eigenvalue weighted by molar-refractivity contribution is 7.22. The number of nitrogens with zero attached hydrogens (tertiary/aromatic N) is 1. The van der Waals surface area contributed by atoms with Crippen molar-refractivity contribution in [3.05, 3.63) is 18.2 Å². The van der Waals surface area contributed by atoms with Crippen molar-refractivity contribution in [2.45, 2.75) is 19.4 Å². The summed E-state index contributed by atoms with van der Waals surface area (Å²) in [5, 5.41) is 4.48. The van der Waals surface area contributed by atoms with Crippen LogP contribution in [0.2, 0.25) is 0 Å². The number of thiazole rings is 1. The van der Waals surface area contributed by atoms with Crippen LogP contribution in [0, 0.1) is 5.92 Å².